The van der Waals surface area contributed by atoms with Gasteiger partial charge in [-0.25, -0.2) is 0 Å². The lowest BCUT2D eigenvalue weighted by molar-refractivity contribution is 0.412. The minimum Gasteiger partial charge on any atom is -0.496 e. The first kappa shape index (κ1) is 13.2. The zero-order valence-corrected chi connectivity index (χ0v) is 12.1. The fourth-order valence-electron chi connectivity index (χ4n) is 2.54. The van der Waals surface area contributed by atoms with Gasteiger partial charge in [-0.15, -0.1) is 0 Å². The Hall–Kier alpha value is -1.80. The van der Waals surface area contributed by atoms with Crippen molar-refractivity contribution in [1.82, 2.24) is 5.32 Å². The first-order valence-corrected chi connectivity index (χ1v) is 7.24. The molecule has 0 spiro atoms. The first-order valence-electron chi connectivity index (χ1n) is 7.24. The highest BCUT2D eigenvalue weighted by atomic mass is 16.5. The van der Waals surface area contributed by atoms with Gasteiger partial charge in [-0.05, 0) is 54.2 Å². The Kier molecular flexibility index (Phi) is 3.75. The Morgan fingerprint density at radius 2 is 1.95 bits per heavy atom. The van der Waals surface area contributed by atoms with E-state index in [1.54, 1.807) is 7.11 Å². The van der Waals surface area contributed by atoms with Gasteiger partial charge in [-0.3, -0.25) is 0 Å². The normalized spacial score (nSPS) is 14.3. The molecule has 0 aromatic heterocycles. The summed E-state index contributed by atoms with van der Waals surface area (Å²) < 4.78 is 5.34. The zero-order valence-electron chi connectivity index (χ0n) is 12.1. The molecule has 20 heavy (non-hydrogen) atoms. The maximum atomic E-state index is 5.34. The molecular weight excluding hydrogens is 246 g/mol. The van der Waals surface area contributed by atoms with Gasteiger partial charge in [0.1, 0.15) is 5.75 Å². The van der Waals surface area contributed by atoms with Gasteiger partial charge >= 0.3 is 0 Å². The van der Waals surface area contributed by atoms with Crippen LogP contribution in [0.1, 0.15) is 24.0 Å². The van der Waals surface area contributed by atoms with Crippen LogP contribution >= 0.6 is 0 Å². The van der Waals surface area contributed by atoms with Gasteiger partial charge in [-0.2, -0.15) is 0 Å². The predicted molar refractivity (Wildman–Crippen MR) is 83.0 cm³/mol. The topological polar surface area (TPSA) is 21.3 Å². The summed E-state index contributed by atoms with van der Waals surface area (Å²) in [5, 5.41) is 3.60. The summed E-state index contributed by atoms with van der Waals surface area (Å²) in [5.74, 6) is 0.947. The maximum absolute atomic E-state index is 5.34. The summed E-state index contributed by atoms with van der Waals surface area (Å²) in [6.45, 7) is 3.04. The van der Waals surface area contributed by atoms with Crippen LogP contribution in [0.4, 0.5) is 0 Å². The van der Waals surface area contributed by atoms with Crippen LogP contribution in [0.25, 0.3) is 11.1 Å². The monoisotopic (exact) mass is 267 g/mol. The van der Waals surface area contributed by atoms with E-state index in [1.165, 1.54) is 35.1 Å². The molecule has 1 saturated carbocycles. The lowest BCUT2D eigenvalue weighted by Crippen LogP contribution is -2.15. The van der Waals surface area contributed by atoms with Crippen LogP contribution in [0, 0.1) is 6.92 Å². The molecule has 1 fully saturated rings. The molecule has 2 aromatic carbocycles. The second kappa shape index (κ2) is 5.68. The number of ether oxygens (including phenoxy) is 1. The van der Waals surface area contributed by atoms with E-state index in [2.05, 4.69) is 54.7 Å². The minimum atomic E-state index is 0.737. The highest BCUT2D eigenvalue weighted by Gasteiger charge is 2.20. The molecule has 0 radical (unpaired) electrons. The van der Waals surface area contributed by atoms with Crippen molar-refractivity contribution in [3.63, 3.8) is 0 Å². The van der Waals surface area contributed by atoms with Crippen LogP contribution in [0.15, 0.2) is 42.5 Å². The van der Waals surface area contributed by atoms with Crippen molar-refractivity contribution in [3.8, 4) is 16.9 Å². The third-order valence-corrected chi connectivity index (χ3v) is 3.88. The highest BCUT2D eigenvalue weighted by molar-refractivity contribution is 5.69. The molecule has 104 valence electrons. The summed E-state index contributed by atoms with van der Waals surface area (Å²) in [6.07, 6.45) is 2.65. The van der Waals surface area contributed by atoms with Crippen molar-refractivity contribution in [2.75, 3.05) is 7.11 Å². The lowest BCUT2D eigenvalue weighted by Gasteiger charge is -2.12. The van der Waals surface area contributed by atoms with E-state index in [1.807, 2.05) is 0 Å². The molecule has 0 amide bonds. The third-order valence-electron chi connectivity index (χ3n) is 3.88. The second-order valence-electron chi connectivity index (χ2n) is 5.50. The summed E-state index contributed by atoms with van der Waals surface area (Å²) >= 11 is 0. The molecule has 0 bridgehead atoms. The Labute approximate surface area is 120 Å². The van der Waals surface area contributed by atoms with Crippen molar-refractivity contribution in [1.29, 1.82) is 0 Å². The smallest absolute Gasteiger partial charge is 0.121 e. The van der Waals surface area contributed by atoms with Gasteiger partial charge in [0.05, 0.1) is 7.11 Å². The van der Waals surface area contributed by atoms with Gasteiger partial charge in [0, 0.05) is 12.6 Å². The van der Waals surface area contributed by atoms with Crippen molar-refractivity contribution < 1.29 is 4.74 Å². The Morgan fingerprint density at radius 3 is 2.65 bits per heavy atom. The highest BCUT2D eigenvalue weighted by Crippen LogP contribution is 2.29. The average molecular weight is 267 g/mol. The standard InChI is InChI=1S/C18H21NO/c1-13-11-14(7-10-18(13)20-2)17-6-4-3-5-15(17)12-19-16-8-9-16/h3-7,10-11,16,19H,8-9,12H2,1-2H3. The van der Waals surface area contributed by atoms with Crippen molar-refractivity contribution >= 4 is 0 Å². The second-order valence-corrected chi connectivity index (χ2v) is 5.50. The van der Waals surface area contributed by atoms with Crippen LogP contribution in [-0.4, -0.2) is 13.2 Å². The zero-order chi connectivity index (χ0) is 13.9. The molecular formula is C18H21NO. The predicted octanol–water partition coefficient (Wildman–Crippen LogP) is 3.92. The summed E-state index contributed by atoms with van der Waals surface area (Å²) in [4.78, 5) is 0. The van der Waals surface area contributed by atoms with Crippen molar-refractivity contribution in [2.24, 2.45) is 0 Å². The summed E-state index contributed by atoms with van der Waals surface area (Å²) in [6, 6.07) is 15.8. The van der Waals surface area contributed by atoms with Gasteiger partial charge in [-0.1, -0.05) is 30.3 Å². The third kappa shape index (κ3) is 2.86. The molecule has 1 aliphatic rings. The summed E-state index contributed by atoms with van der Waals surface area (Å²) in [5.41, 5.74) is 5.11. The minimum absolute atomic E-state index is 0.737. The number of aryl methyl sites for hydroxylation is 1. The largest absolute Gasteiger partial charge is 0.496 e. The van der Waals surface area contributed by atoms with Gasteiger partial charge in [0.25, 0.3) is 0 Å². The van der Waals surface area contributed by atoms with E-state index < -0.39 is 0 Å². The molecule has 2 nitrogen and oxygen atoms in total. The average Bonchev–Trinajstić information content (AvgIpc) is 3.29. The molecule has 0 unspecified atom stereocenters. The Balaban J connectivity index is 1.89. The summed E-state index contributed by atoms with van der Waals surface area (Å²) in [7, 11) is 1.72. The molecule has 0 saturated heterocycles. The molecule has 0 atom stereocenters. The van der Waals surface area contributed by atoms with E-state index in [-0.39, 0.29) is 0 Å². The number of nitrogens with one attached hydrogen (secondary N) is 1. The Bertz CT molecular complexity index is 602. The van der Waals surface area contributed by atoms with Crippen molar-refractivity contribution in [2.45, 2.75) is 32.4 Å². The van der Waals surface area contributed by atoms with E-state index in [0.717, 1.165) is 18.3 Å². The molecule has 3 rings (SSSR count). The van der Waals surface area contributed by atoms with Crippen LogP contribution in [0.3, 0.4) is 0 Å². The number of methoxy groups -OCH3 is 1. The van der Waals surface area contributed by atoms with Gasteiger partial charge in [0.2, 0.25) is 0 Å². The fraction of sp³-hybridized carbons (Fsp3) is 0.333. The molecule has 0 aliphatic heterocycles. The molecule has 0 heterocycles. The van der Waals surface area contributed by atoms with E-state index >= 15 is 0 Å². The molecule has 2 heteroatoms. The van der Waals surface area contributed by atoms with Crippen molar-refractivity contribution in [3.05, 3.63) is 53.6 Å². The quantitative estimate of drug-likeness (QED) is 0.886. The van der Waals surface area contributed by atoms with E-state index in [0.29, 0.717) is 0 Å². The van der Waals surface area contributed by atoms with Crippen LogP contribution < -0.4 is 10.1 Å². The van der Waals surface area contributed by atoms with Gasteiger partial charge < -0.3 is 10.1 Å². The van der Waals surface area contributed by atoms with E-state index in [9.17, 15) is 0 Å². The number of benzene rings is 2. The SMILES string of the molecule is COc1ccc(-c2ccccc2CNC2CC2)cc1C. The maximum Gasteiger partial charge on any atom is 0.121 e. The van der Waals surface area contributed by atoms with Crippen LogP contribution in [0.2, 0.25) is 0 Å². The first-order chi connectivity index (χ1) is 9.78. The fourth-order valence-corrected chi connectivity index (χ4v) is 2.54. The van der Waals surface area contributed by atoms with Crippen LogP contribution in [-0.2, 0) is 6.54 Å². The van der Waals surface area contributed by atoms with Crippen LogP contribution in [0.5, 0.6) is 5.75 Å². The number of hydrogen-bond donors (Lipinski definition) is 1. The molecule has 1 N–H and O–H groups in total. The molecule has 2 aromatic rings. The van der Waals surface area contributed by atoms with E-state index in [4.69, 9.17) is 4.74 Å². The lowest BCUT2D eigenvalue weighted by atomic mass is 9.98. The Morgan fingerprint density at radius 1 is 1.15 bits per heavy atom. The number of rotatable bonds is 5. The molecule has 1 aliphatic carbocycles. The number of hydrogen-bond acceptors (Lipinski definition) is 2. The van der Waals surface area contributed by atoms with Gasteiger partial charge in [0.15, 0.2) is 0 Å².